The third kappa shape index (κ3) is 4.28. The fourth-order valence-electron chi connectivity index (χ4n) is 3.38. The average molecular weight is 410 g/mol. The van der Waals surface area contributed by atoms with Crippen molar-refractivity contribution in [1.82, 2.24) is 0 Å². The molecule has 1 heterocycles. The Bertz CT molecular complexity index is 1210. The molecule has 0 spiro atoms. The van der Waals surface area contributed by atoms with Gasteiger partial charge >= 0.3 is 0 Å². The first-order valence-electron chi connectivity index (χ1n) is 9.63. The van der Waals surface area contributed by atoms with Crippen LogP contribution in [0.2, 0.25) is 0 Å². The summed E-state index contributed by atoms with van der Waals surface area (Å²) < 4.78 is 0. The Labute approximate surface area is 178 Å². The van der Waals surface area contributed by atoms with E-state index in [1.54, 1.807) is 72.8 Å². The van der Waals surface area contributed by atoms with E-state index < -0.39 is 0 Å². The molecule has 0 atom stereocenters. The summed E-state index contributed by atoms with van der Waals surface area (Å²) in [5, 5.41) is 14.4. The minimum atomic E-state index is -0.305. The number of carbonyl (C=O) groups is 3. The number of amides is 3. The van der Waals surface area contributed by atoms with Gasteiger partial charge in [0, 0.05) is 16.8 Å². The third-order valence-electron chi connectivity index (χ3n) is 4.88. The summed E-state index contributed by atoms with van der Waals surface area (Å²) in [5.41, 5.74) is 3.38. The van der Waals surface area contributed by atoms with E-state index in [9.17, 15) is 14.4 Å². The number of hydrogen-bond donors (Lipinski definition) is 2. The van der Waals surface area contributed by atoms with Crippen molar-refractivity contribution in [3.63, 3.8) is 0 Å². The number of benzene rings is 3. The van der Waals surface area contributed by atoms with E-state index in [-0.39, 0.29) is 30.7 Å². The first-order chi connectivity index (χ1) is 15.0. The van der Waals surface area contributed by atoms with Crippen LogP contribution in [0.25, 0.3) is 0 Å². The first-order valence-corrected chi connectivity index (χ1v) is 9.63. The van der Waals surface area contributed by atoms with Crippen LogP contribution in [0.5, 0.6) is 0 Å². The summed E-state index contributed by atoms with van der Waals surface area (Å²) >= 11 is 0. The number of hydrogen-bond acceptors (Lipinski definition) is 4. The predicted molar refractivity (Wildman–Crippen MR) is 117 cm³/mol. The molecule has 0 aliphatic carbocycles. The van der Waals surface area contributed by atoms with Crippen molar-refractivity contribution < 1.29 is 14.4 Å². The van der Waals surface area contributed by atoms with Crippen molar-refractivity contribution in [3.05, 3.63) is 89.5 Å². The monoisotopic (exact) mass is 410 g/mol. The highest BCUT2D eigenvalue weighted by molar-refractivity contribution is 6.15. The van der Waals surface area contributed by atoms with Gasteiger partial charge in [0.05, 0.1) is 23.9 Å². The van der Waals surface area contributed by atoms with E-state index in [2.05, 4.69) is 16.7 Å². The summed E-state index contributed by atoms with van der Waals surface area (Å²) in [6, 6.07) is 22.6. The van der Waals surface area contributed by atoms with Crippen LogP contribution in [-0.4, -0.2) is 24.3 Å². The van der Waals surface area contributed by atoms with Gasteiger partial charge in [-0.2, -0.15) is 5.26 Å². The Morgan fingerprint density at radius 1 is 1.00 bits per heavy atom. The smallest absolute Gasteiger partial charge is 0.258 e. The maximum absolute atomic E-state index is 13.0. The van der Waals surface area contributed by atoms with E-state index >= 15 is 0 Å². The molecule has 0 saturated carbocycles. The minimum Gasteiger partial charge on any atom is -0.323 e. The predicted octanol–water partition coefficient (Wildman–Crippen LogP) is 3.60. The normalized spacial score (nSPS) is 12.4. The SMILES string of the molecule is N#CCc1cccc(C(=O)Nc2ccc(C(=O)N3CC(=O)Nc4ccccc43)cc2)c1. The highest BCUT2D eigenvalue weighted by Gasteiger charge is 2.27. The van der Waals surface area contributed by atoms with Crippen molar-refractivity contribution in [1.29, 1.82) is 5.26 Å². The van der Waals surface area contributed by atoms with Crippen molar-refractivity contribution in [2.45, 2.75) is 6.42 Å². The van der Waals surface area contributed by atoms with Gasteiger partial charge in [0.2, 0.25) is 5.91 Å². The number of para-hydroxylation sites is 2. The van der Waals surface area contributed by atoms with Gasteiger partial charge in [-0.25, -0.2) is 0 Å². The van der Waals surface area contributed by atoms with Gasteiger partial charge in [-0.3, -0.25) is 19.3 Å². The second-order valence-corrected chi connectivity index (χ2v) is 7.02. The lowest BCUT2D eigenvalue weighted by atomic mass is 10.1. The third-order valence-corrected chi connectivity index (χ3v) is 4.88. The molecule has 3 amide bonds. The van der Waals surface area contributed by atoms with Gasteiger partial charge in [0.15, 0.2) is 0 Å². The molecule has 0 bridgehead atoms. The summed E-state index contributed by atoms with van der Waals surface area (Å²) in [7, 11) is 0. The summed E-state index contributed by atoms with van der Waals surface area (Å²) in [5.74, 6) is -0.862. The van der Waals surface area contributed by atoms with Gasteiger partial charge in [-0.1, -0.05) is 24.3 Å². The molecule has 1 aliphatic rings. The molecule has 7 heteroatoms. The van der Waals surface area contributed by atoms with Crippen molar-refractivity contribution in [2.75, 3.05) is 22.1 Å². The molecule has 4 rings (SSSR count). The quantitative estimate of drug-likeness (QED) is 0.686. The van der Waals surface area contributed by atoms with Crippen LogP contribution in [0.15, 0.2) is 72.8 Å². The molecule has 0 fully saturated rings. The van der Waals surface area contributed by atoms with E-state index in [4.69, 9.17) is 5.26 Å². The van der Waals surface area contributed by atoms with E-state index in [1.807, 2.05) is 0 Å². The molecule has 0 aromatic heterocycles. The van der Waals surface area contributed by atoms with Crippen LogP contribution in [0.3, 0.4) is 0 Å². The van der Waals surface area contributed by atoms with Crippen LogP contribution in [0, 0.1) is 11.3 Å². The molecule has 0 unspecified atom stereocenters. The Morgan fingerprint density at radius 3 is 2.55 bits per heavy atom. The second kappa shape index (κ2) is 8.51. The average Bonchev–Trinajstić information content (AvgIpc) is 2.79. The van der Waals surface area contributed by atoms with Crippen molar-refractivity contribution >= 4 is 34.8 Å². The van der Waals surface area contributed by atoms with Crippen LogP contribution in [0.1, 0.15) is 26.3 Å². The molecular weight excluding hydrogens is 392 g/mol. The van der Waals surface area contributed by atoms with Crippen molar-refractivity contribution in [3.8, 4) is 6.07 Å². The molecular formula is C24H18N4O3. The standard InChI is InChI=1S/C24H18N4O3/c25-13-12-16-4-3-5-18(14-16)23(30)26-19-10-8-17(9-11-19)24(31)28-15-22(29)27-20-6-1-2-7-21(20)28/h1-11,14H,12,15H2,(H,26,30)(H,27,29). The highest BCUT2D eigenvalue weighted by Crippen LogP contribution is 2.30. The van der Waals surface area contributed by atoms with Crippen molar-refractivity contribution in [2.24, 2.45) is 0 Å². The molecule has 3 aromatic carbocycles. The summed E-state index contributed by atoms with van der Waals surface area (Å²) in [4.78, 5) is 38.9. The fraction of sp³-hybridized carbons (Fsp3) is 0.0833. The van der Waals surface area contributed by atoms with E-state index in [0.717, 1.165) is 5.56 Å². The zero-order valence-electron chi connectivity index (χ0n) is 16.5. The number of nitrogens with zero attached hydrogens (tertiary/aromatic N) is 2. The lowest BCUT2D eigenvalue weighted by Crippen LogP contribution is -2.42. The fourth-order valence-corrected chi connectivity index (χ4v) is 3.38. The zero-order valence-corrected chi connectivity index (χ0v) is 16.5. The van der Waals surface area contributed by atoms with Crippen LogP contribution < -0.4 is 15.5 Å². The van der Waals surface area contributed by atoms with Gasteiger partial charge in [-0.05, 0) is 54.1 Å². The number of fused-ring (bicyclic) bond motifs is 1. The molecule has 0 radical (unpaired) electrons. The Morgan fingerprint density at radius 2 is 1.77 bits per heavy atom. The number of carbonyl (C=O) groups excluding carboxylic acids is 3. The zero-order chi connectivity index (χ0) is 21.8. The second-order valence-electron chi connectivity index (χ2n) is 7.02. The molecule has 1 aliphatic heterocycles. The lowest BCUT2D eigenvalue weighted by molar-refractivity contribution is -0.115. The number of rotatable bonds is 4. The molecule has 152 valence electrons. The van der Waals surface area contributed by atoms with Gasteiger partial charge in [0.1, 0.15) is 6.54 Å². The molecule has 2 N–H and O–H groups in total. The van der Waals surface area contributed by atoms with Crippen LogP contribution in [0.4, 0.5) is 17.1 Å². The van der Waals surface area contributed by atoms with Gasteiger partial charge in [0.25, 0.3) is 11.8 Å². The maximum Gasteiger partial charge on any atom is 0.258 e. The van der Waals surface area contributed by atoms with Crippen LogP contribution in [-0.2, 0) is 11.2 Å². The Hall–Kier alpha value is -4.44. The van der Waals surface area contributed by atoms with E-state index in [0.29, 0.717) is 28.2 Å². The number of nitriles is 1. The first kappa shape index (κ1) is 19.9. The van der Waals surface area contributed by atoms with E-state index in [1.165, 1.54) is 4.90 Å². The molecule has 7 nitrogen and oxygen atoms in total. The highest BCUT2D eigenvalue weighted by atomic mass is 16.2. The molecule has 0 saturated heterocycles. The van der Waals surface area contributed by atoms with Crippen LogP contribution >= 0.6 is 0 Å². The topological polar surface area (TPSA) is 102 Å². The Kier molecular flexibility index (Phi) is 5.45. The summed E-state index contributed by atoms with van der Waals surface area (Å²) in [6.45, 7) is -0.0621. The molecule has 3 aromatic rings. The van der Waals surface area contributed by atoms with Gasteiger partial charge in [-0.15, -0.1) is 0 Å². The minimum absolute atomic E-state index is 0.0621. The summed E-state index contributed by atoms with van der Waals surface area (Å²) in [6.07, 6.45) is 0.232. The Balaban J connectivity index is 1.49. The number of nitrogens with one attached hydrogen (secondary N) is 2. The lowest BCUT2D eigenvalue weighted by Gasteiger charge is -2.29. The number of anilines is 3. The molecule has 31 heavy (non-hydrogen) atoms. The largest absolute Gasteiger partial charge is 0.323 e. The van der Waals surface area contributed by atoms with Gasteiger partial charge < -0.3 is 10.6 Å². The maximum atomic E-state index is 13.0.